The van der Waals surface area contributed by atoms with E-state index in [0.717, 1.165) is 17.1 Å². The molecule has 0 bridgehead atoms. The van der Waals surface area contributed by atoms with Gasteiger partial charge in [-0.25, -0.2) is 29.1 Å². The number of anilines is 3. The maximum Gasteiger partial charge on any atom is 0.411 e. The number of benzene rings is 3. The van der Waals surface area contributed by atoms with Crippen LogP contribution in [-0.2, 0) is 41.7 Å². The van der Waals surface area contributed by atoms with Gasteiger partial charge in [-0.15, -0.1) is 0 Å². The number of rotatable bonds is 20. The first kappa shape index (κ1) is 51.8. The lowest BCUT2D eigenvalue weighted by molar-refractivity contribution is -0.142. The first-order chi connectivity index (χ1) is 35.4. The van der Waals surface area contributed by atoms with Crippen molar-refractivity contribution in [1.29, 1.82) is 0 Å². The summed E-state index contributed by atoms with van der Waals surface area (Å²) < 4.78 is 22.1. The van der Waals surface area contributed by atoms with Crippen molar-refractivity contribution in [3.63, 3.8) is 0 Å². The number of hydrogen-bond acceptors (Lipinski definition) is 21. The van der Waals surface area contributed by atoms with Crippen LogP contribution in [0.3, 0.4) is 0 Å². The minimum Gasteiger partial charge on any atom is -0.505 e. The van der Waals surface area contributed by atoms with E-state index in [9.17, 15) is 54.0 Å². The summed E-state index contributed by atoms with van der Waals surface area (Å²) in [6.07, 6.45) is -0.128. The Morgan fingerprint density at radius 3 is 2.36 bits per heavy atom. The van der Waals surface area contributed by atoms with Gasteiger partial charge >= 0.3 is 24.1 Å². The van der Waals surface area contributed by atoms with Crippen LogP contribution in [0.15, 0.2) is 70.7 Å². The number of aliphatic carboxylic acids is 2. The summed E-state index contributed by atoms with van der Waals surface area (Å²) in [5.74, 6) is -4.90. The number of piperazine rings is 1. The number of phenols is 2. The van der Waals surface area contributed by atoms with E-state index >= 15 is 0 Å². The molecule has 8 rings (SSSR count). The van der Waals surface area contributed by atoms with Crippen LogP contribution in [0, 0.1) is 6.92 Å². The highest BCUT2D eigenvalue weighted by atomic mass is 33.1. The van der Waals surface area contributed by atoms with Crippen molar-refractivity contribution < 1.29 is 68.1 Å². The molecule has 4 amide bonds. The first-order valence-corrected chi connectivity index (χ1v) is 24.6. The van der Waals surface area contributed by atoms with Gasteiger partial charge in [0.1, 0.15) is 36.7 Å². The van der Waals surface area contributed by atoms with Gasteiger partial charge in [-0.2, -0.15) is 4.98 Å². The summed E-state index contributed by atoms with van der Waals surface area (Å²) in [5.41, 5.74) is 11.2. The minimum atomic E-state index is -1.52. The summed E-state index contributed by atoms with van der Waals surface area (Å²) in [7, 11) is 5.06. The molecular formula is C46H47N11O15S2. The fraction of sp³-hybridized carbons (Fsp3) is 0.304. The molecule has 0 radical (unpaired) electrons. The number of nitrogens with one attached hydrogen (secondary N) is 4. The number of fused-ring (bicyclic) bond motifs is 6. The van der Waals surface area contributed by atoms with E-state index < -0.39 is 77.8 Å². The van der Waals surface area contributed by atoms with E-state index in [2.05, 4.69) is 35.9 Å². The summed E-state index contributed by atoms with van der Waals surface area (Å²) in [4.78, 5) is 106. The van der Waals surface area contributed by atoms with Gasteiger partial charge in [0.05, 0.1) is 48.4 Å². The molecule has 0 spiro atoms. The number of carboxylic acids is 2. The van der Waals surface area contributed by atoms with Crippen LogP contribution < -0.4 is 42.6 Å². The van der Waals surface area contributed by atoms with Gasteiger partial charge < -0.3 is 71.7 Å². The fourth-order valence-electron chi connectivity index (χ4n) is 8.80. The number of nitrogens with zero attached hydrogens (tertiary/aromatic N) is 5. The molecular weight excluding hydrogens is 1010 g/mol. The molecule has 3 aliphatic heterocycles. The van der Waals surface area contributed by atoms with Gasteiger partial charge in [0.25, 0.3) is 11.5 Å². The number of hydrogen-bond donors (Lipinski definition) is 10. The molecule has 26 nitrogen and oxygen atoms in total. The lowest BCUT2D eigenvalue weighted by Gasteiger charge is -2.37. The number of H-pyrrole nitrogens is 1. The van der Waals surface area contributed by atoms with Crippen LogP contribution in [0.4, 0.5) is 26.9 Å². The Kier molecular flexibility index (Phi) is 14.9. The number of methoxy groups -OCH3 is 2. The van der Waals surface area contributed by atoms with Crippen molar-refractivity contribution in [3.8, 4) is 17.2 Å². The number of aromatic amines is 1. The monoisotopic (exact) mass is 1060 g/mol. The standard InChI is InChI=1S/C46H47N11O15S2/c1-20-34(59)33-31(35(60)36(20)69-2)26(18-71-44(48)67)46(70-3)37-29(16-56(33)46)57(37)45(68)72-17-21-4-10-25(11-5-21)74-73-19-28(42(65)66)52-30(58)13-12-27(41(63)64)53-39(61)22-6-8-23(9-7-22)49-14-24-15-50-38-32(51-24)40(62)55-43(47)54-38/h4-11,15,18,27-29,37,49,59-60H,12-14,16-17,19H2,1-3H3,(H2,48,67)(H,52,58)(H,53,61)(H,63,64)(H,65,66)(H3,47,50,54,55,62)/t27-,28?,29-,37-,46+,57?/m0/s1. The average molecular weight is 1060 g/mol. The SMILES string of the molecule is COc1c(C)c(O)c2c(c1O)C(=COC(N)=O)[C@@]1(OC)[C@@H]3[C@H](CN21)N3C(=O)OCc1ccc(SSCC(NC(=O)CC[C@H](NC(=O)c2ccc(NCc3cnc4nc(N)[nH]c(=O)c4n3)cc2)C(=O)O)C(=O)O)cc1. The van der Waals surface area contributed by atoms with Crippen molar-refractivity contribution in [1.82, 2.24) is 35.5 Å². The third kappa shape index (κ3) is 10.3. The molecule has 2 aromatic heterocycles. The minimum absolute atomic E-state index is 0.0124. The molecule has 3 aromatic carbocycles. The molecule has 2 saturated heterocycles. The number of nitrogens with two attached hydrogens (primary N) is 2. The Labute approximate surface area is 426 Å². The zero-order valence-electron chi connectivity index (χ0n) is 39.3. The van der Waals surface area contributed by atoms with E-state index in [1.165, 1.54) is 48.2 Å². The van der Waals surface area contributed by atoms with E-state index in [0.29, 0.717) is 21.8 Å². The number of carbonyl (C=O) groups excluding carboxylic acids is 4. The predicted octanol–water partition coefficient (Wildman–Crippen LogP) is 2.61. The number of primary amides is 1. The second-order valence-electron chi connectivity index (χ2n) is 16.8. The third-order valence-corrected chi connectivity index (χ3v) is 14.7. The van der Waals surface area contributed by atoms with Crippen molar-refractivity contribution in [2.45, 2.75) is 67.7 Å². The smallest absolute Gasteiger partial charge is 0.411 e. The van der Waals surface area contributed by atoms with E-state index in [1.807, 2.05) is 0 Å². The number of carboxylic acid groups (broad SMARTS) is 2. The fourth-order valence-corrected chi connectivity index (χ4v) is 11.0. The van der Waals surface area contributed by atoms with Crippen LogP contribution in [0.5, 0.6) is 17.2 Å². The molecule has 5 heterocycles. The number of nitrogen functional groups attached to an aromatic ring is 1. The third-order valence-electron chi connectivity index (χ3n) is 12.3. The summed E-state index contributed by atoms with van der Waals surface area (Å²) >= 11 is 0. The zero-order valence-corrected chi connectivity index (χ0v) is 40.9. The second kappa shape index (κ2) is 21.3. The Morgan fingerprint density at radius 2 is 1.70 bits per heavy atom. The maximum atomic E-state index is 13.5. The molecule has 2 fully saturated rings. The number of aromatic hydroxyl groups is 2. The highest BCUT2D eigenvalue weighted by Gasteiger charge is 2.76. The van der Waals surface area contributed by atoms with Gasteiger partial charge in [0, 0.05) is 47.5 Å². The quantitative estimate of drug-likeness (QED) is 0.0232. The van der Waals surface area contributed by atoms with Gasteiger partial charge in [0.2, 0.25) is 11.9 Å². The normalized spacial score (nSPS) is 18.4. The zero-order chi connectivity index (χ0) is 53.2. The molecule has 0 aliphatic carbocycles. The highest BCUT2D eigenvalue weighted by molar-refractivity contribution is 8.76. The Hall–Kier alpha value is -8.50. The topological polar surface area (TPSA) is 386 Å². The van der Waals surface area contributed by atoms with Gasteiger partial charge in [-0.05, 0) is 55.3 Å². The van der Waals surface area contributed by atoms with Crippen LogP contribution in [0.1, 0.15) is 45.6 Å². The number of aromatic nitrogens is 4. The molecule has 3 aliphatic rings. The maximum absolute atomic E-state index is 13.5. The van der Waals surface area contributed by atoms with Crippen molar-refractivity contribution >= 4 is 91.6 Å². The Bertz CT molecular complexity index is 3160. The van der Waals surface area contributed by atoms with Crippen LogP contribution in [0.25, 0.3) is 16.7 Å². The van der Waals surface area contributed by atoms with Crippen molar-refractivity contribution in [2.75, 3.05) is 42.5 Å². The highest BCUT2D eigenvalue weighted by Crippen LogP contribution is 2.66. The number of carbonyl (C=O) groups is 6. The lowest BCUT2D eigenvalue weighted by atomic mass is 9.95. The molecule has 388 valence electrons. The molecule has 28 heteroatoms. The van der Waals surface area contributed by atoms with Gasteiger partial charge in [0.15, 0.2) is 28.4 Å². The Morgan fingerprint density at radius 1 is 0.986 bits per heavy atom. The largest absolute Gasteiger partial charge is 0.505 e. The molecule has 5 aromatic rings. The van der Waals surface area contributed by atoms with E-state index in [1.54, 1.807) is 48.2 Å². The van der Waals surface area contributed by atoms with Crippen molar-refractivity contribution in [2.24, 2.45) is 5.73 Å². The van der Waals surface area contributed by atoms with Gasteiger partial charge in [-0.1, -0.05) is 33.7 Å². The van der Waals surface area contributed by atoms with Crippen LogP contribution in [-0.4, -0.2) is 138 Å². The summed E-state index contributed by atoms with van der Waals surface area (Å²) in [5, 5.41) is 50.0. The number of phenolic OH excluding ortho intramolecular Hbond substituents is 2. The Balaban J connectivity index is 0.779. The van der Waals surface area contributed by atoms with Gasteiger partial charge in [-0.3, -0.25) is 24.3 Å². The summed E-state index contributed by atoms with van der Waals surface area (Å²) in [6.45, 7) is 1.75. The molecule has 1 unspecified atom stereocenters. The lowest BCUT2D eigenvalue weighted by Crippen LogP contribution is -2.51. The van der Waals surface area contributed by atoms with Crippen LogP contribution >= 0.6 is 21.6 Å². The van der Waals surface area contributed by atoms with Crippen molar-refractivity contribution in [3.05, 3.63) is 99.3 Å². The summed E-state index contributed by atoms with van der Waals surface area (Å²) in [6, 6.07) is 8.97. The predicted molar refractivity (Wildman–Crippen MR) is 265 cm³/mol. The second-order valence-corrected chi connectivity index (χ2v) is 19.2. The van der Waals surface area contributed by atoms with Crippen LogP contribution in [0.2, 0.25) is 0 Å². The number of ether oxygens (including phenoxy) is 4. The number of amides is 4. The van der Waals surface area contributed by atoms with E-state index in [4.69, 9.17) is 30.4 Å². The molecule has 74 heavy (non-hydrogen) atoms. The molecule has 12 N–H and O–H groups in total. The molecule has 0 saturated carbocycles. The first-order valence-electron chi connectivity index (χ1n) is 22.2. The average Bonchev–Trinajstić information content (AvgIpc) is 3.88. The molecule has 5 atom stereocenters. The van der Waals surface area contributed by atoms with E-state index in [-0.39, 0.29) is 94.2 Å².